The van der Waals surface area contributed by atoms with Gasteiger partial charge >= 0.3 is 0 Å². The topological polar surface area (TPSA) is 26.0 Å². The van der Waals surface area contributed by atoms with Crippen LogP contribution in [-0.4, -0.2) is 6.54 Å². The minimum absolute atomic E-state index is 0.286. The van der Waals surface area contributed by atoms with E-state index in [4.69, 9.17) is 5.73 Å². The third kappa shape index (κ3) is 1.07. The highest BCUT2D eigenvalue weighted by molar-refractivity contribution is 5.20. The molecule has 0 radical (unpaired) electrons. The van der Waals surface area contributed by atoms with Gasteiger partial charge in [-0.05, 0) is 23.5 Å². The van der Waals surface area contributed by atoms with Crippen LogP contribution < -0.4 is 5.73 Å². The maximum Gasteiger partial charge on any atom is 0.0218 e. The summed E-state index contributed by atoms with van der Waals surface area (Å²) in [5.74, 6) is 0. The Morgan fingerprint density at radius 1 is 1.78 bits per heavy atom. The van der Waals surface area contributed by atoms with Crippen molar-refractivity contribution in [2.75, 3.05) is 6.54 Å². The van der Waals surface area contributed by atoms with Crippen LogP contribution in [0.2, 0.25) is 0 Å². The van der Waals surface area contributed by atoms with E-state index in [0.29, 0.717) is 6.54 Å². The molecule has 0 amide bonds. The van der Waals surface area contributed by atoms with E-state index in [9.17, 15) is 0 Å². The minimum atomic E-state index is 0.286. The second kappa shape index (κ2) is 2.02. The summed E-state index contributed by atoms with van der Waals surface area (Å²) in [5.41, 5.74) is 10.2. The van der Waals surface area contributed by atoms with Crippen molar-refractivity contribution in [3.8, 4) is 0 Å². The van der Waals surface area contributed by atoms with Gasteiger partial charge in [0, 0.05) is 6.54 Å². The lowest BCUT2D eigenvalue weighted by Gasteiger charge is -2.19. The van der Waals surface area contributed by atoms with Gasteiger partial charge in [0.05, 0.1) is 0 Å². The van der Waals surface area contributed by atoms with E-state index in [-0.39, 0.29) is 5.41 Å². The van der Waals surface area contributed by atoms with Crippen LogP contribution in [-0.2, 0) is 0 Å². The van der Waals surface area contributed by atoms with Crippen LogP contribution >= 0.6 is 0 Å². The van der Waals surface area contributed by atoms with Crippen LogP contribution in [0.15, 0.2) is 17.4 Å². The lowest BCUT2D eigenvalue weighted by Crippen LogP contribution is -2.17. The molecule has 0 saturated heterocycles. The van der Waals surface area contributed by atoms with Gasteiger partial charge in [-0.1, -0.05) is 13.8 Å². The fourth-order valence-electron chi connectivity index (χ4n) is 1.08. The molecule has 1 aliphatic carbocycles. The van der Waals surface area contributed by atoms with Crippen molar-refractivity contribution < 1.29 is 0 Å². The Hall–Kier alpha value is -0.520. The molecule has 1 rings (SSSR count). The zero-order valence-corrected chi connectivity index (χ0v) is 6.07. The van der Waals surface area contributed by atoms with E-state index in [1.807, 2.05) is 0 Å². The van der Waals surface area contributed by atoms with E-state index in [2.05, 4.69) is 25.7 Å². The largest absolute Gasteiger partial charge is 0.326 e. The van der Waals surface area contributed by atoms with E-state index >= 15 is 0 Å². The van der Waals surface area contributed by atoms with Gasteiger partial charge in [0.15, 0.2) is 0 Å². The summed E-state index contributed by atoms with van der Waals surface area (Å²) in [6.45, 7) is 5.06. The highest BCUT2D eigenvalue weighted by Gasteiger charge is 2.23. The van der Waals surface area contributed by atoms with Crippen molar-refractivity contribution in [1.82, 2.24) is 0 Å². The van der Waals surface area contributed by atoms with Gasteiger partial charge in [-0.25, -0.2) is 0 Å². The molecule has 1 nitrogen and oxygen atoms in total. The first-order valence-corrected chi connectivity index (χ1v) is 3.31. The molecule has 0 fully saturated rings. The lowest BCUT2D eigenvalue weighted by atomic mass is 9.85. The van der Waals surface area contributed by atoms with Crippen molar-refractivity contribution in [3.05, 3.63) is 17.4 Å². The zero-order chi connectivity index (χ0) is 6.91. The molecule has 50 valence electrons. The first-order chi connectivity index (χ1) is 4.17. The standard InChI is InChI=1S/C8H13N/c1-8(2)5-3-4-7(8)6-9/h3H,5-6,9H2,1-2H3. The normalized spacial score (nSPS) is 22.3. The Morgan fingerprint density at radius 2 is 2.44 bits per heavy atom. The minimum Gasteiger partial charge on any atom is -0.326 e. The summed E-state index contributed by atoms with van der Waals surface area (Å²) in [5, 5.41) is 0. The Bertz CT molecular complexity index is 171. The molecule has 0 aromatic heterocycles. The Balaban J connectivity index is 2.79. The highest BCUT2D eigenvalue weighted by Crippen LogP contribution is 2.32. The van der Waals surface area contributed by atoms with Crippen LogP contribution in [0.5, 0.6) is 0 Å². The van der Waals surface area contributed by atoms with Gasteiger partial charge in [-0.2, -0.15) is 0 Å². The quantitative estimate of drug-likeness (QED) is 0.525. The van der Waals surface area contributed by atoms with E-state index in [0.717, 1.165) is 6.42 Å². The molecular weight excluding hydrogens is 110 g/mol. The van der Waals surface area contributed by atoms with E-state index in [1.165, 1.54) is 5.57 Å². The molecule has 9 heavy (non-hydrogen) atoms. The molecule has 0 saturated carbocycles. The van der Waals surface area contributed by atoms with Crippen molar-refractivity contribution in [3.63, 3.8) is 0 Å². The van der Waals surface area contributed by atoms with Crippen LogP contribution in [0.4, 0.5) is 0 Å². The van der Waals surface area contributed by atoms with Gasteiger partial charge in [-0.15, -0.1) is 5.73 Å². The van der Waals surface area contributed by atoms with Gasteiger partial charge in [0.25, 0.3) is 0 Å². The fourth-order valence-corrected chi connectivity index (χ4v) is 1.08. The predicted octanol–water partition coefficient (Wildman–Crippen LogP) is 1.46. The predicted molar refractivity (Wildman–Crippen MR) is 39.0 cm³/mol. The molecule has 0 bridgehead atoms. The summed E-state index contributed by atoms with van der Waals surface area (Å²) in [7, 11) is 0. The Morgan fingerprint density at radius 3 is 2.67 bits per heavy atom. The molecule has 1 aliphatic rings. The molecular formula is C8H13N. The number of hydrogen-bond donors (Lipinski definition) is 1. The Labute approximate surface area is 56.2 Å². The molecule has 0 aliphatic heterocycles. The van der Waals surface area contributed by atoms with Gasteiger partial charge in [0.2, 0.25) is 0 Å². The van der Waals surface area contributed by atoms with Crippen molar-refractivity contribution in [2.45, 2.75) is 20.3 Å². The van der Waals surface area contributed by atoms with Crippen molar-refractivity contribution >= 4 is 0 Å². The van der Waals surface area contributed by atoms with Crippen LogP contribution in [0.25, 0.3) is 0 Å². The van der Waals surface area contributed by atoms with Crippen LogP contribution in [0.3, 0.4) is 0 Å². The highest BCUT2D eigenvalue weighted by atomic mass is 14.5. The van der Waals surface area contributed by atoms with Crippen LogP contribution in [0.1, 0.15) is 20.3 Å². The summed E-state index contributed by atoms with van der Waals surface area (Å²) in [6, 6.07) is 0. The SMILES string of the molecule is CC1(C)CC=C=C1CN. The maximum absolute atomic E-state index is 5.49. The molecule has 0 atom stereocenters. The van der Waals surface area contributed by atoms with E-state index in [1.54, 1.807) is 0 Å². The van der Waals surface area contributed by atoms with Gasteiger partial charge < -0.3 is 5.73 Å². The second-order valence-electron chi connectivity index (χ2n) is 3.12. The lowest BCUT2D eigenvalue weighted by molar-refractivity contribution is 0.461. The van der Waals surface area contributed by atoms with E-state index < -0.39 is 0 Å². The molecule has 0 spiro atoms. The molecule has 0 unspecified atom stereocenters. The summed E-state index contributed by atoms with van der Waals surface area (Å²) in [6.07, 6.45) is 3.17. The second-order valence-corrected chi connectivity index (χ2v) is 3.12. The number of rotatable bonds is 1. The van der Waals surface area contributed by atoms with Gasteiger partial charge in [-0.3, -0.25) is 0 Å². The summed E-state index contributed by atoms with van der Waals surface area (Å²) in [4.78, 5) is 0. The summed E-state index contributed by atoms with van der Waals surface area (Å²) < 4.78 is 0. The zero-order valence-electron chi connectivity index (χ0n) is 6.07. The van der Waals surface area contributed by atoms with Crippen molar-refractivity contribution in [1.29, 1.82) is 0 Å². The van der Waals surface area contributed by atoms with Gasteiger partial charge in [0.1, 0.15) is 0 Å². The molecule has 0 aromatic carbocycles. The third-order valence-corrected chi connectivity index (χ3v) is 1.91. The average molecular weight is 123 g/mol. The molecule has 1 heteroatoms. The smallest absolute Gasteiger partial charge is 0.0218 e. The number of nitrogens with two attached hydrogens (primary N) is 1. The first-order valence-electron chi connectivity index (χ1n) is 3.31. The molecule has 0 aromatic rings. The molecule has 2 N–H and O–H groups in total. The number of hydrogen-bond acceptors (Lipinski definition) is 1. The van der Waals surface area contributed by atoms with Crippen LogP contribution in [0, 0.1) is 5.41 Å². The summed E-state index contributed by atoms with van der Waals surface area (Å²) >= 11 is 0. The molecule has 0 heterocycles. The third-order valence-electron chi connectivity index (χ3n) is 1.91. The van der Waals surface area contributed by atoms with Crippen molar-refractivity contribution in [2.24, 2.45) is 11.1 Å². The fraction of sp³-hybridized carbons (Fsp3) is 0.625. The first kappa shape index (κ1) is 6.60. The maximum atomic E-state index is 5.49. The monoisotopic (exact) mass is 123 g/mol. The Kier molecular flexibility index (Phi) is 1.48. The average Bonchev–Trinajstić information content (AvgIpc) is 2.08.